The molecule has 0 aromatic rings. The summed E-state index contributed by atoms with van der Waals surface area (Å²) in [5, 5.41) is 29.9. The standard InChI is InChI=1S/C50H86O7/c1-4-6-29-37-46(51)39-32-27-28-33-40-47(52)38-31-24-21-22-26-35-42-50(55)57-44-48(53)43-56-49(54)41-34-25-20-18-16-14-12-10-8-7-9-11-13-15-17-19-23-30-36-45(3)5-2/h6,22,24,26-29,31-33,39-40,45-48,51-53H,4-5,7-21,23,25,30,34-38,41-44H2,1-3H3/b26-22-,28-27-,29-6-,31-24-,39-32+,40-33+/t45?,46-,47+,48+/m1/s1. The van der Waals surface area contributed by atoms with Crippen LogP contribution in [0.3, 0.4) is 0 Å². The molecule has 0 aromatic heterocycles. The fourth-order valence-electron chi connectivity index (χ4n) is 6.26. The molecule has 3 N–H and O–H groups in total. The van der Waals surface area contributed by atoms with Gasteiger partial charge in [0.1, 0.15) is 19.3 Å². The van der Waals surface area contributed by atoms with Crippen molar-refractivity contribution in [3.8, 4) is 0 Å². The predicted molar refractivity (Wildman–Crippen MR) is 240 cm³/mol. The third-order valence-electron chi connectivity index (χ3n) is 10.2. The van der Waals surface area contributed by atoms with E-state index in [0.717, 1.165) is 31.6 Å². The van der Waals surface area contributed by atoms with Crippen LogP contribution in [0.4, 0.5) is 0 Å². The molecule has 57 heavy (non-hydrogen) atoms. The zero-order valence-electron chi connectivity index (χ0n) is 36.7. The van der Waals surface area contributed by atoms with Gasteiger partial charge in [0.05, 0.1) is 12.2 Å². The number of aliphatic hydroxyl groups is 3. The van der Waals surface area contributed by atoms with Gasteiger partial charge in [-0.2, -0.15) is 0 Å². The number of carbonyl (C=O) groups is 2. The largest absolute Gasteiger partial charge is 0.463 e. The number of rotatable bonds is 40. The van der Waals surface area contributed by atoms with E-state index in [2.05, 4.69) is 20.8 Å². The smallest absolute Gasteiger partial charge is 0.306 e. The third kappa shape index (κ3) is 42.7. The van der Waals surface area contributed by atoms with Crippen molar-refractivity contribution in [3.05, 3.63) is 72.9 Å². The Morgan fingerprint density at radius 2 is 0.930 bits per heavy atom. The molecule has 0 heterocycles. The third-order valence-corrected chi connectivity index (χ3v) is 10.2. The summed E-state index contributed by atoms with van der Waals surface area (Å²) in [4.78, 5) is 24.0. The average molecular weight is 799 g/mol. The van der Waals surface area contributed by atoms with E-state index in [1.54, 1.807) is 24.3 Å². The van der Waals surface area contributed by atoms with Crippen molar-refractivity contribution in [3.63, 3.8) is 0 Å². The number of aliphatic hydroxyl groups excluding tert-OH is 3. The van der Waals surface area contributed by atoms with Crippen LogP contribution < -0.4 is 0 Å². The SMILES string of the molecule is CC/C=C\C[C@@H](O)/C=C/C=C\C=C\[C@@H](O)C/C=C\C/C=C\CCC(=O)OC[C@@H](O)COC(=O)CCCCCCCCCCCCCCCCCCCCC(C)CC. The second-order valence-corrected chi connectivity index (χ2v) is 15.8. The molecule has 328 valence electrons. The number of unbranched alkanes of at least 4 members (excludes halogenated alkanes) is 17. The van der Waals surface area contributed by atoms with Crippen LogP contribution in [-0.4, -0.2) is 58.8 Å². The van der Waals surface area contributed by atoms with E-state index < -0.39 is 24.3 Å². The molecule has 4 atom stereocenters. The van der Waals surface area contributed by atoms with Crippen LogP contribution in [0.1, 0.15) is 194 Å². The molecule has 0 spiro atoms. The van der Waals surface area contributed by atoms with Crippen LogP contribution in [0, 0.1) is 5.92 Å². The molecule has 0 fully saturated rings. The van der Waals surface area contributed by atoms with Crippen molar-refractivity contribution >= 4 is 11.9 Å². The number of allylic oxidation sites excluding steroid dienone is 8. The summed E-state index contributed by atoms with van der Waals surface area (Å²) in [5.41, 5.74) is 0. The Bertz CT molecular complexity index is 1090. The second kappa shape index (κ2) is 42.9. The summed E-state index contributed by atoms with van der Waals surface area (Å²) in [5.74, 6) is 0.181. The van der Waals surface area contributed by atoms with Crippen LogP contribution in [-0.2, 0) is 19.1 Å². The van der Waals surface area contributed by atoms with Crippen LogP contribution in [0.5, 0.6) is 0 Å². The van der Waals surface area contributed by atoms with E-state index >= 15 is 0 Å². The Labute approximate surface area is 349 Å². The van der Waals surface area contributed by atoms with Crippen molar-refractivity contribution in [2.24, 2.45) is 5.92 Å². The molecule has 0 saturated heterocycles. The molecule has 7 nitrogen and oxygen atoms in total. The maximum Gasteiger partial charge on any atom is 0.306 e. The summed E-state index contributed by atoms with van der Waals surface area (Å²) in [6.45, 7) is 6.37. The van der Waals surface area contributed by atoms with E-state index in [1.165, 1.54) is 109 Å². The number of hydrogen-bond donors (Lipinski definition) is 3. The molecule has 0 rings (SSSR count). The van der Waals surface area contributed by atoms with E-state index in [9.17, 15) is 24.9 Å². The monoisotopic (exact) mass is 799 g/mol. The van der Waals surface area contributed by atoms with E-state index in [1.807, 2.05) is 48.6 Å². The molecule has 0 radical (unpaired) electrons. The summed E-state index contributed by atoms with van der Waals surface area (Å²) in [7, 11) is 0. The fraction of sp³-hybridized carbons (Fsp3) is 0.720. The highest BCUT2D eigenvalue weighted by atomic mass is 16.6. The molecule has 0 aliphatic heterocycles. The van der Waals surface area contributed by atoms with Crippen LogP contribution in [0.2, 0.25) is 0 Å². The molecule has 0 aliphatic rings. The molecule has 1 unspecified atom stereocenters. The molecule has 0 bridgehead atoms. The number of esters is 2. The number of ether oxygens (including phenoxy) is 2. The fourth-order valence-corrected chi connectivity index (χ4v) is 6.26. The van der Waals surface area contributed by atoms with Crippen molar-refractivity contribution in [1.82, 2.24) is 0 Å². The van der Waals surface area contributed by atoms with Crippen molar-refractivity contribution in [2.45, 2.75) is 212 Å². The zero-order chi connectivity index (χ0) is 41.9. The summed E-state index contributed by atoms with van der Waals surface area (Å²) >= 11 is 0. The van der Waals surface area contributed by atoms with Gasteiger partial charge in [0.15, 0.2) is 0 Å². The molecular formula is C50H86O7. The van der Waals surface area contributed by atoms with Gasteiger partial charge in [0, 0.05) is 12.8 Å². The lowest BCUT2D eigenvalue weighted by molar-refractivity contribution is -0.152. The number of hydrogen-bond acceptors (Lipinski definition) is 7. The maximum absolute atomic E-state index is 12.0. The lowest BCUT2D eigenvalue weighted by Gasteiger charge is -2.12. The Balaban J connectivity index is 3.61. The van der Waals surface area contributed by atoms with Gasteiger partial charge >= 0.3 is 11.9 Å². The van der Waals surface area contributed by atoms with Gasteiger partial charge in [-0.25, -0.2) is 0 Å². The van der Waals surface area contributed by atoms with Crippen molar-refractivity contribution in [1.29, 1.82) is 0 Å². The first-order valence-electron chi connectivity index (χ1n) is 23.1. The lowest BCUT2D eigenvalue weighted by atomic mass is 9.99. The van der Waals surface area contributed by atoms with Gasteiger partial charge in [0.25, 0.3) is 0 Å². The summed E-state index contributed by atoms with van der Waals surface area (Å²) in [6.07, 6.45) is 50.4. The quantitative estimate of drug-likeness (QED) is 0.0245. The van der Waals surface area contributed by atoms with Gasteiger partial charge in [-0.05, 0) is 44.4 Å². The molecule has 0 aliphatic carbocycles. The Kier molecular flexibility index (Phi) is 40.8. The van der Waals surface area contributed by atoms with Crippen molar-refractivity contribution in [2.75, 3.05) is 13.2 Å². The van der Waals surface area contributed by atoms with Gasteiger partial charge in [-0.3, -0.25) is 9.59 Å². The maximum atomic E-state index is 12.0. The van der Waals surface area contributed by atoms with E-state index in [-0.39, 0.29) is 25.6 Å². The topological polar surface area (TPSA) is 113 Å². The first-order chi connectivity index (χ1) is 27.8. The highest BCUT2D eigenvalue weighted by Gasteiger charge is 2.12. The Morgan fingerprint density at radius 3 is 1.40 bits per heavy atom. The first kappa shape index (κ1) is 54.3. The summed E-state index contributed by atoms with van der Waals surface area (Å²) < 4.78 is 10.3. The van der Waals surface area contributed by atoms with Gasteiger partial charge in [-0.15, -0.1) is 0 Å². The van der Waals surface area contributed by atoms with E-state index in [0.29, 0.717) is 32.1 Å². The second-order valence-electron chi connectivity index (χ2n) is 15.8. The first-order valence-corrected chi connectivity index (χ1v) is 23.1. The lowest BCUT2D eigenvalue weighted by Crippen LogP contribution is -2.25. The Hall–Kier alpha value is -2.74. The summed E-state index contributed by atoms with van der Waals surface area (Å²) in [6, 6.07) is 0. The molecular weight excluding hydrogens is 713 g/mol. The molecule has 0 amide bonds. The van der Waals surface area contributed by atoms with Gasteiger partial charge in [0.2, 0.25) is 0 Å². The molecule has 0 aromatic carbocycles. The van der Waals surface area contributed by atoms with Crippen LogP contribution in [0.25, 0.3) is 0 Å². The van der Waals surface area contributed by atoms with Crippen LogP contribution >= 0.6 is 0 Å². The van der Waals surface area contributed by atoms with Gasteiger partial charge in [-0.1, -0.05) is 216 Å². The van der Waals surface area contributed by atoms with E-state index in [4.69, 9.17) is 9.47 Å². The molecule has 0 saturated carbocycles. The highest BCUT2D eigenvalue weighted by Crippen LogP contribution is 2.17. The normalized spacial score (nSPS) is 14.6. The number of carbonyl (C=O) groups excluding carboxylic acids is 2. The Morgan fingerprint density at radius 1 is 0.509 bits per heavy atom. The minimum Gasteiger partial charge on any atom is -0.463 e. The zero-order valence-corrected chi connectivity index (χ0v) is 36.7. The highest BCUT2D eigenvalue weighted by molar-refractivity contribution is 5.70. The minimum atomic E-state index is -1.03. The van der Waals surface area contributed by atoms with Crippen molar-refractivity contribution < 1.29 is 34.4 Å². The molecule has 7 heteroatoms. The predicted octanol–water partition coefficient (Wildman–Crippen LogP) is 12.7. The average Bonchev–Trinajstić information content (AvgIpc) is 3.20. The van der Waals surface area contributed by atoms with Crippen LogP contribution in [0.15, 0.2) is 72.9 Å². The van der Waals surface area contributed by atoms with Gasteiger partial charge < -0.3 is 24.8 Å². The minimum absolute atomic E-state index is 0.169.